The first kappa shape index (κ1) is 12.4. The zero-order chi connectivity index (χ0) is 12.8. The van der Waals surface area contributed by atoms with Crippen LogP contribution in [0.2, 0.25) is 0 Å². The van der Waals surface area contributed by atoms with Crippen molar-refractivity contribution in [2.24, 2.45) is 0 Å². The first-order valence-corrected chi connectivity index (χ1v) is 5.88. The Bertz CT molecular complexity index is 441. The summed E-state index contributed by atoms with van der Waals surface area (Å²) >= 11 is 0. The topological polar surface area (TPSA) is 65.4 Å². The predicted octanol–water partition coefficient (Wildman–Crippen LogP) is 1.12. The van der Waals surface area contributed by atoms with E-state index in [1.54, 1.807) is 4.90 Å². The van der Waals surface area contributed by atoms with Crippen molar-refractivity contribution in [1.82, 2.24) is 10.2 Å². The number of carbonyl (C=O) groups excluding carboxylic acids is 1. The summed E-state index contributed by atoms with van der Waals surface area (Å²) in [6.45, 7) is 1.84. The van der Waals surface area contributed by atoms with Gasteiger partial charge in [-0.15, -0.1) is 0 Å². The van der Waals surface area contributed by atoms with Gasteiger partial charge in [-0.05, 0) is 5.56 Å². The fourth-order valence-electron chi connectivity index (χ4n) is 1.81. The van der Waals surface area contributed by atoms with Crippen LogP contribution >= 0.6 is 0 Å². The molecule has 1 heterocycles. The summed E-state index contributed by atoms with van der Waals surface area (Å²) in [5, 5.41) is 11.8. The second kappa shape index (κ2) is 6.03. The molecular formula is C13H15N3O2. The van der Waals surface area contributed by atoms with Gasteiger partial charge in [-0.2, -0.15) is 5.26 Å². The summed E-state index contributed by atoms with van der Waals surface area (Å²) in [6.07, 6.45) is -0.361. The lowest BCUT2D eigenvalue weighted by atomic mass is 10.2. The van der Waals surface area contributed by atoms with Crippen LogP contribution < -0.4 is 5.32 Å². The molecular weight excluding hydrogens is 230 g/mol. The van der Waals surface area contributed by atoms with Crippen molar-refractivity contribution < 1.29 is 9.53 Å². The number of nitrogens with one attached hydrogen (secondary N) is 1. The molecule has 5 heteroatoms. The molecule has 2 rings (SSSR count). The van der Waals surface area contributed by atoms with Gasteiger partial charge in [0.05, 0.1) is 12.6 Å². The summed E-state index contributed by atoms with van der Waals surface area (Å²) < 4.78 is 5.21. The van der Waals surface area contributed by atoms with Gasteiger partial charge in [0, 0.05) is 13.1 Å². The van der Waals surface area contributed by atoms with Gasteiger partial charge < -0.3 is 9.64 Å². The normalized spacial score (nSPS) is 19.1. The molecule has 5 nitrogen and oxygen atoms in total. The van der Waals surface area contributed by atoms with E-state index < -0.39 is 0 Å². The lowest BCUT2D eigenvalue weighted by Crippen LogP contribution is -2.52. The van der Waals surface area contributed by atoms with E-state index in [9.17, 15) is 4.79 Å². The van der Waals surface area contributed by atoms with Gasteiger partial charge in [0.25, 0.3) is 0 Å². The van der Waals surface area contributed by atoms with Crippen LogP contribution in [0.5, 0.6) is 0 Å². The van der Waals surface area contributed by atoms with Crippen LogP contribution in [-0.4, -0.2) is 36.7 Å². The second-order valence-electron chi connectivity index (χ2n) is 4.12. The van der Waals surface area contributed by atoms with Crippen molar-refractivity contribution in [3.63, 3.8) is 0 Å². The fraction of sp³-hybridized carbons (Fsp3) is 0.385. The third kappa shape index (κ3) is 3.22. The van der Waals surface area contributed by atoms with Crippen molar-refractivity contribution in [3.05, 3.63) is 35.9 Å². The Morgan fingerprint density at radius 3 is 3.00 bits per heavy atom. The Morgan fingerprint density at radius 2 is 2.28 bits per heavy atom. The molecule has 1 aliphatic heterocycles. The molecule has 1 aromatic carbocycles. The first-order chi connectivity index (χ1) is 8.79. The molecule has 0 aromatic heterocycles. The molecule has 1 saturated heterocycles. The van der Waals surface area contributed by atoms with E-state index in [0.29, 0.717) is 19.6 Å². The van der Waals surface area contributed by atoms with Gasteiger partial charge in [-0.1, -0.05) is 30.3 Å². The van der Waals surface area contributed by atoms with E-state index in [1.165, 1.54) is 0 Å². The number of nitrogens with zero attached hydrogens (tertiary/aromatic N) is 2. The maximum Gasteiger partial charge on any atom is 0.410 e. The molecule has 1 N–H and O–H groups in total. The number of ether oxygens (including phenoxy) is 1. The minimum absolute atomic E-state index is 0.265. The van der Waals surface area contributed by atoms with Crippen molar-refractivity contribution in [2.75, 3.05) is 19.6 Å². The molecule has 1 aromatic rings. The number of hydrogen-bond acceptors (Lipinski definition) is 4. The van der Waals surface area contributed by atoms with Gasteiger partial charge in [-0.25, -0.2) is 4.79 Å². The van der Waals surface area contributed by atoms with E-state index >= 15 is 0 Å². The first-order valence-electron chi connectivity index (χ1n) is 5.88. The molecule has 1 amide bonds. The number of carbonyl (C=O) groups is 1. The van der Waals surface area contributed by atoms with E-state index in [4.69, 9.17) is 10.00 Å². The highest BCUT2D eigenvalue weighted by Crippen LogP contribution is 2.05. The SMILES string of the molecule is N#C[C@H]1CN(C(=O)OCc2ccccc2)CCN1. The van der Waals surface area contributed by atoms with Gasteiger partial charge >= 0.3 is 6.09 Å². The van der Waals surface area contributed by atoms with Crippen LogP contribution in [0.1, 0.15) is 5.56 Å². The fourth-order valence-corrected chi connectivity index (χ4v) is 1.81. The summed E-state index contributed by atoms with van der Waals surface area (Å²) in [4.78, 5) is 13.4. The Morgan fingerprint density at radius 1 is 1.50 bits per heavy atom. The molecule has 18 heavy (non-hydrogen) atoms. The number of piperazine rings is 1. The molecule has 1 atom stereocenters. The summed E-state index contributed by atoms with van der Waals surface area (Å²) in [7, 11) is 0. The molecule has 0 aliphatic carbocycles. The van der Waals surface area contributed by atoms with Crippen molar-refractivity contribution >= 4 is 6.09 Å². The molecule has 0 bridgehead atoms. The summed E-state index contributed by atoms with van der Waals surface area (Å²) in [5.41, 5.74) is 0.956. The van der Waals surface area contributed by atoms with Gasteiger partial charge in [0.15, 0.2) is 0 Å². The maximum atomic E-state index is 11.8. The van der Waals surface area contributed by atoms with Crippen LogP contribution in [0.3, 0.4) is 0 Å². The van der Waals surface area contributed by atoms with Crippen molar-refractivity contribution in [1.29, 1.82) is 5.26 Å². The number of nitriles is 1. The Hall–Kier alpha value is -2.06. The summed E-state index contributed by atoms with van der Waals surface area (Å²) in [5.74, 6) is 0. The quantitative estimate of drug-likeness (QED) is 0.848. The largest absolute Gasteiger partial charge is 0.445 e. The van der Waals surface area contributed by atoms with E-state index in [-0.39, 0.29) is 18.7 Å². The van der Waals surface area contributed by atoms with Crippen molar-refractivity contribution in [3.8, 4) is 6.07 Å². The average molecular weight is 245 g/mol. The van der Waals surface area contributed by atoms with E-state index in [1.807, 2.05) is 30.3 Å². The highest BCUT2D eigenvalue weighted by molar-refractivity contribution is 5.68. The van der Waals surface area contributed by atoms with Crippen LogP contribution in [0.15, 0.2) is 30.3 Å². The molecule has 0 unspecified atom stereocenters. The summed E-state index contributed by atoms with van der Waals surface area (Å²) in [6, 6.07) is 11.3. The maximum absolute atomic E-state index is 11.8. The Kier molecular flexibility index (Phi) is 4.15. The molecule has 1 aliphatic rings. The highest BCUT2D eigenvalue weighted by Gasteiger charge is 2.23. The Labute approximate surface area is 106 Å². The molecule has 0 spiro atoms. The van der Waals surface area contributed by atoms with Crippen LogP contribution in [0.25, 0.3) is 0 Å². The van der Waals surface area contributed by atoms with E-state index in [0.717, 1.165) is 5.56 Å². The number of benzene rings is 1. The van der Waals surface area contributed by atoms with Crippen LogP contribution in [-0.2, 0) is 11.3 Å². The number of amides is 1. The molecule has 0 saturated carbocycles. The lowest BCUT2D eigenvalue weighted by Gasteiger charge is -2.29. The molecule has 0 radical (unpaired) electrons. The smallest absolute Gasteiger partial charge is 0.410 e. The van der Waals surface area contributed by atoms with Crippen LogP contribution in [0, 0.1) is 11.3 Å². The third-order valence-electron chi connectivity index (χ3n) is 2.79. The van der Waals surface area contributed by atoms with Gasteiger partial charge in [-0.3, -0.25) is 5.32 Å². The standard InChI is InChI=1S/C13H15N3O2/c14-8-12-9-16(7-6-15-12)13(17)18-10-11-4-2-1-3-5-11/h1-5,12,15H,6-7,9-10H2/t12-/m0/s1. The minimum atomic E-state index is -0.361. The number of hydrogen-bond donors (Lipinski definition) is 1. The molecule has 94 valence electrons. The molecule has 1 fully saturated rings. The van der Waals surface area contributed by atoms with Gasteiger partial charge in [0.1, 0.15) is 12.6 Å². The Balaban J connectivity index is 1.83. The average Bonchev–Trinajstić information content (AvgIpc) is 2.46. The highest BCUT2D eigenvalue weighted by atomic mass is 16.6. The lowest BCUT2D eigenvalue weighted by molar-refractivity contribution is 0.0884. The zero-order valence-corrected chi connectivity index (χ0v) is 10.0. The van der Waals surface area contributed by atoms with Crippen LogP contribution in [0.4, 0.5) is 4.79 Å². The predicted molar refractivity (Wildman–Crippen MR) is 65.6 cm³/mol. The monoisotopic (exact) mass is 245 g/mol. The van der Waals surface area contributed by atoms with Crippen molar-refractivity contribution in [2.45, 2.75) is 12.6 Å². The zero-order valence-electron chi connectivity index (χ0n) is 10.0. The second-order valence-corrected chi connectivity index (χ2v) is 4.12. The van der Waals surface area contributed by atoms with Gasteiger partial charge in [0.2, 0.25) is 0 Å². The third-order valence-corrected chi connectivity index (χ3v) is 2.79. The minimum Gasteiger partial charge on any atom is -0.445 e. The number of rotatable bonds is 2. The van der Waals surface area contributed by atoms with E-state index in [2.05, 4.69) is 11.4 Å².